The molecule has 1 rings (SSSR count). The Balaban J connectivity index is 2.50. The van der Waals surface area contributed by atoms with E-state index in [1.807, 2.05) is 14.0 Å². The second kappa shape index (κ2) is 5.30. The smallest absolute Gasteiger partial charge is 0.254 e. The van der Waals surface area contributed by atoms with E-state index in [2.05, 4.69) is 33.3 Å². The number of hydrogen-bond acceptors (Lipinski definition) is 2. The topological polar surface area (TPSA) is 46.9 Å². The molecule has 0 aromatic carbocycles. The van der Waals surface area contributed by atoms with Crippen LogP contribution in [0.15, 0.2) is 6.20 Å². The molecule has 84 valence electrons. The summed E-state index contributed by atoms with van der Waals surface area (Å²) in [7, 11) is 1.81. The number of amides is 1. The Hall–Kier alpha value is -0.840. The zero-order valence-electron chi connectivity index (χ0n) is 9.25. The van der Waals surface area contributed by atoms with Crippen molar-refractivity contribution in [3.63, 3.8) is 0 Å². The molecular formula is C10H16BrN3O. The van der Waals surface area contributed by atoms with E-state index in [0.29, 0.717) is 16.9 Å². The van der Waals surface area contributed by atoms with Crippen LogP contribution in [0, 0.1) is 6.92 Å². The van der Waals surface area contributed by atoms with Crippen LogP contribution < -0.4 is 5.32 Å². The molecule has 15 heavy (non-hydrogen) atoms. The van der Waals surface area contributed by atoms with Crippen molar-refractivity contribution in [2.75, 3.05) is 6.54 Å². The molecule has 0 aliphatic rings. The minimum Gasteiger partial charge on any atom is -0.352 e. The lowest BCUT2D eigenvalue weighted by Crippen LogP contribution is -2.25. The fourth-order valence-corrected chi connectivity index (χ4v) is 1.53. The van der Waals surface area contributed by atoms with Crippen LogP contribution in [0.5, 0.6) is 0 Å². The van der Waals surface area contributed by atoms with E-state index in [-0.39, 0.29) is 5.91 Å². The van der Waals surface area contributed by atoms with Gasteiger partial charge in [0, 0.05) is 24.6 Å². The summed E-state index contributed by atoms with van der Waals surface area (Å²) in [4.78, 5) is 12.1. The number of halogens is 1. The van der Waals surface area contributed by atoms with Gasteiger partial charge in [-0.25, -0.2) is 0 Å². The monoisotopic (exact) mass is 273 g/mol. The van der Waals surface area contributed by atoms with Gasteiger partial charge in [0.25, 0.3) is 5.91 Å². The first kappa shape index (κ1) is 12.2. The molecule has 5 heteroatoms. The first-order valence-corrected chi connectivity index (χ1v) is 5.84. The Bertz CT molecular complexity index is 346. The van der Waals surface area contributed by atoms with Gasteiger partial charge in [-0.1, -0.05) is 22.9 Å². The summed E-state index contributed by atoms with van der Waals surface area (Å²) in [6.45, 7) is 4.57. The molecule has 0 saturated heterocycles. The van der Waals surface area contributed by atoms with Gasteiger partial charge >= 0.3 is 0 Å². The summed E-state index contributed by atoms with van der Waals surface area (Å²) in [6.07, 6.45) is 2.66. The fourth-order valence-electron chi connectivity index (χ4n) is 1.30. The normalized spacial score (nSPS) is 12.5. The summed E-state index contributed by atoms with van der Waals surface area (Å²) >= 11 is 3.43. The average molecular weight is 274 g/mol. The number of aromatic nitrogens is 2. The Morgan fingerprint density at radius 3 is 2.87 bits per heavy atom. The lowest BCUT2D eigenvalue weighted by Gasteiger charge is -2.05. The van der Waals surface area contributed by atoms with Crippen LogP contribution in [-0.2, 0) is 7.05 Å². The zero-order valence-corrected chi connectivity index (χ0v) is 10.8. The molecule has 1 aromatic heterocycles. The molecule has 0 bridgehead atoms. The molecule has 1 unspecified atom stereocenters. The van der Waals surface area contributed by atoms with E-state index >= 15 is 0 Å². The lowest BCUT2D eigenvalue weighted by molar-refractivity contribution is 0.0952. The maximum Gasteiger partial charge on any atom is 0.254 e. The second-order valence-corrected chi connectivity index (χ2v) is 5.19. The fraction of sp³-hybridized carbons (Fsp3) is 0.600. The highest BCUT2D eigenvalue weighted by atomic mass is 79.9. The number of carbonyl (C=O) groups is 1. The molecule has 0 fully saturated rings. The molecule has 0 aliphatic carbocycles. The van der Waals surface area contributed by atoms with Gasteiger partial charge in [-0.05, 0) is 13.3 Å². The summed E-state index contributed by atoms with van der Waals surface area (Å²) < 4.78 is 1.65. The van der Waals surface area contributed by atoms with Crippen molar-refractivity contribution in [2.24, 2.45) is 7.05 Å². The third-order valence-electron chi connectivity index (χ3n) is 2.09. The van der Waals surface area contributed by atoms with E-state index < -0.39 is 0 Å². The number of aryl methyl sites for hydroxylation is 2. The number of rotatable bonds is 4. The van der Waals surface area contributed by atoms with Gasteiger partial charge in [0.15, 0.2) is 0 Å². The van der Waals surface area contributed by atoms with Crippen molar-refractivity contribution in [1.29, 1.82) is 0 Å². The molecular weight excluding hydrogens is 258 g/mol. The first-order chi connectivity index (χ1) is 7.00. The molecule has 0 radical (unpaired) electrons. The lowest BCUT2D eigenvalue weighted by atomic mass is 10.2. The summed E-state index contributed by atoms with van der Waals surface area (Å²) in [5, 5.41) is 6.98. The van der Waals surface area contributed by atoms with Crippen LogP contribution in [0.25, 0.3) is 0 Å². The van der Waals surface area contributed by atoms with Gasteiger partial charge in [0.05, 0.1) is 11.3 Å². The quantitative estimate of drug-likeness (QED) is 0.848. The van der Waals surface area contributed by atoms with Gasteiger partial charge in [-0.3, -0.25) is 9.48 Å². The van der Waals surface area contributed by atoms with E-state index in [0.717, 1.165) is 12.1 Å². The van der Waals surface area contributed by atoms with E-state index in [4.69, 9.17) is 0 Å². The SMILES string of the molecule is Cc1nn(C)cc1C(=O)NCCC(C)Br. The predicted octanol–water partition coefficient (Wildman–Crippen LogP) is 1.63. The minimum atomic E-state index is -0.0475. The molecule has 0 saturated carbocycles. The van der Waals surface area contributed by atoms with E-state index in [1.54, 1.807) is 10.9 Å². The van der Waals surface area contributed by atoms with E-state index in [9.17, 15) is 4.79 Å². The van der Waals surface area contributed by atoms with Crippen LogP contribution in [0.4, 0.5) is 0 Å². The number of nitrogens with zero attached hydrogens (tertiary/aromatic N) is 2. The first-order valence-electron chi connectivity index (χ1n) is 4.93. The molecule has 1 atom stereocenters. The van der Waals surface area contributed by atoms with Crippen molar-refractivity contribution in [2.45, 2.75) is 25.1 Å². The minimum absolute atomic E-state index is 0.0475. The molecule has 4 nitrogen and oxygen atoms in total. The standard InChI is InChI=1S/C10H16BrN3O/c1-7(11)4-5-12-10(15)9-6-14(3)13-8(9)2/h6-7H,4-5H2,1-3H3,(H,12,15). The Morgan fingerprint density at radius 2 is 2.40 bits per heavy atom. The molecule has 1 heterocycles. The maximum atomic E-state index is 11.7. The molecule has 1 aromatic rings. The van der Waals surface area contributed by atoms with Crippen molar-refractivity contribution >= 4 is 21.8 Å². The summed E-state index contributed by atoms with van der Waals surface area (Å²) in [5.74, 6) is -0.0475. The molecule has 0 spiro atoms. The van der Waals surface area contributed by atoms with Crippen molar-refractivity contribution < 1.29 is 4.79 Å². The van der Waals surface area contributed by atoms with Gasteiger partial charge in [0.2, 0.25) is 0 Å². The van der Waals surface area contributed by atoms with Crippen LogP contribution >= 0.6 is 15.9 Å². The van der Waals surface area contributed by atoms with Gasteiger partial charge in [-0.2, -0.15) is 5.10 Å². The maximum absolute atomic E-state index is 11.7. The Morgan fingerprint density at radius 1 is 1.73 bits per heavy atom. The number of alkyl halides is 1. The van der Waals surface area contributed by atoms with Crippen molar-refractivity contribution in [1.82, 2.24) is 15.1 Å². The Kier molecular flexibility index (Phi) is 4.32. The predicted molar refractivity (Wildman–Crippen MR) is 63.3 cm³/mol. The third kappa shape index (κ3) is 3.66. The van der Waals surface area contributed by atoms with Crippen LogP contribution in [0.1, 0.15) is 29.4 Å². The molecule has 1 amide bonds. The number of carbonyl (C=O) groups excluding carboxylic acids is 1. The van der Waals surface area contributed by atoms with E-state index in [1.165, 1.54) is 0 Å². The van der Waals surface area contributed by atoms with Crippen LogP contribution in [-0.4, -0.2) is 27.1 Å². The van der Waals surface area contributed by atoms with Crippen molar-refractivity contribution in [3.8, 4) is 0 Å². The third-order valence-corrected chi connectivity index (χ3v) is 2.54. The van der Waals surface area contributed by atoms with Gasteiger partial charge in [0.1, 0.15) is 0 Å². The highest BCUT2D eigenvalue weighted by molar-refractivity contribution is 9.09. The molecule has 1 N–H and O–H groups in total. The summed E-state index contributed by atoms with van der Waals surface area (Å²) in [6, 6.07) is 0. The average Bonchev–Trinajstić information content (AvgIpc) is 2.44. The second-order valence-electron chi connectivity index (χ2n) is 3.63. The van der Waals surface area contributed by atoms with Gasteiger partial charge < -0.3 is 5.32 Å². The number of hydrogen-bond donors (Lipinski definition) is 1. The molecule has 0 aliphatic heterocycles. The van der Waals surface area contributed by atoms with Crippen molar-refractivity contribution in [3.05, 3.63) is 17.5 Å². The highest BCUT2D eigenvalue weighted by Crippen LogP contribution is 2.05. The number of nitrogens with one attached hydrogen (secondary N) is 1. The highest BCUT2D eigenvalue weighted by Gasteiger charge is 2.11. The summed E-state index contributed by atoms with van der Waals surface area (Å²) in [5.41, 5.74) is 1.42. The van der Waals surface area contributed by atoms with Gasteiger partial charge in [-0.15, -0.1) is 0 Å². The van der Waals surface area contributed by atoms with Crippen LogP contribution in [0.3, 0.4) is 0 Å². The largest absolute Gasteiger partial charge is 0.352 e. The van der Waals surface area contributed by atoms with Crippen LogP contribution in [0.2, 0.25) is 0 Å². The zero-order chi connectivity index (χ0) is 11.4. The Labute approximate surface area is 98.2 Å².